The third kappa shape index (κ3) is 4.28. The van der Waals surface area contributed by atoms with Crippen LogP contribution in [0.5, 0.6) is 5.75 Å². The fourth-order valence-corrected chi connectivity index (χ4v) is 3.18. The Morgan fingerprint density at radius 2 is 2.10 bits per heavy atom. The Hall–Kier alpha value is -0.910. The largest absolute Gasteiger partial charge is 0.486 e. The third-order valence-corrected chi connectivity index (χ3v) is 4.45. The molecule has 3 nitrogen and oxygen atoms in total. The van der Waals surface area contributed by atoms with Gasteiger partial charge in [-0.15, -0.1) is 11.3 Å². The number of hydrogen-bond acceptors (Lipinski definition) is 4. The second-order valence-corrected chi connectivity index (χ2v) is 7.99. The minimum atomic E-state index is -0.0704. The van der Waals surface area contributed by atoms with Crippen LogP contribution in [0.2, 0.25) is 0 Å². The molecule has 0 saturated heterocycles. The summed E-state index contributed by atoms with van der Waals surface area (Å²) in [6.45, 7) is 8.92. The molecule has 2 rings (SSSR count). The van der Waals surface area contributed by atoms with Crippen molar-refractivity contribution in [1.82, 2.24) is 4.98 Å². The van der Waals surface area contributed by atoms with Gasteiger partial charge < -0.3 is 10.5 Å². The first kappa shape index (κ1) is 16.5. The predicted octanol–water partition coefficient (Wildman–Crippen LogP) is 4.80. The van der Waals surface area contributed by atoms with Crippen molar-refractivity contribution in [2.75, 3.05) is 0 Å². The molecule has 0 amide bonds. The molecule has 21 heavy (non-hydrogen) atoms. The van der Waals surface area contributed by atoms with Gasteiger partial charge in [-0.05, 0) is 25.1 Å². The van der Waals surface area contributed by atoms with Crippen LogP contribution in [-0.2, 0) is 12.0 Å². The maximum Gasteiger partial charge on any atom is 0.140 e. The van der Waals surface area contributed by atoms with Crippen LogP contribution < -0.4 is 10.5 Å². The van der Waals surface area contributed by atoms with Crippen molar-refractivity contribution in [2.45, 2.75) is 45.8 Å². The number of rotatable bonds is 4. The molecule has 0 fully saturated rings. The van der Waals surface area contributed by atoms with Crippen LogP contribution in [0.1, 0.15) is 50.0 Å². The molecular weight excluding hydrogens is 348 g/mol. The molecule has 0 aliphatic carbocycles. The number of ether oxygens (including phenoxy) is 1. The molecule has 1 heterocycles. The van der Waals surface area contributed by atoms with E-state index in [1.807, 2.05) is 25.1 Å². The molecule has 1 aromatic heterocycles. The molecule has 0 radical (unpaired) electrons. The van der Waals surface area contributed by atoms with Crippen molar-refractivity contribution < 1.29 is 4.74 Å². The topological polar surface area (TPSA) is 48.1 Å². The average molecular weight is 369 g/mol. The van der Waals surface area contributed by atoms with Gasteiger partial charge in [0.1, 0.15) is 17.4 Å². The Balaban J connectivity index is 2.12. The Labute approximate surface area is 138 Å². The lowest BCUT2D eigenvalue weighted by atomic mass is 9.93. The van der Waals surface area contributed by atoms with E-state index < -0.39 is 0 Å². The van der Waals surface area contributed by atoms with Crippen LogP contribution in [0.15, 0.2) is 28.1 Å². The van der Waals surface area contributed by atoms with Gasteiger partial charge in [-0.25, -0.2) is 4.98 Å². The number of thiazole rings is 1. The Bertz CT molecular complexity index is 617. The van der Waals surface area contributed by atoms with Crippen molar-refractivity contribution in [2.24, 2.45) is 5.73 Å². The van der Waals surface area contributed by atoms with Crippen LogP contribution in [0.4, 0.5) is 0 Å². The molecule has 0 bridgehead atoms. The Morgan fingerprint density at radius 3 is 2.67 bits per heavy atom. The fraction of sp³-hybridized carbons (Fsp3) is 0.438. The van der Waals surface area contributed by atoms with Gasteiger partial charge in [-0.1, -0.05) is 36.7 Å². The van der Waals surface area contributed by atoms with Crippen LogP contribution in [0, 0.1) is 0 Å². The van der Waals surface area contributed by atoms with Gasteiger partial charge in [0.15, 0.2) is 0 Å². The van der Waals surface area contributed by atoms with E-state index in [0.717, 1.165) is 26.5 Å². The van der Waals surface area contributed by atoms with Gasteiger partial charge in [0.05, 0.1) is 5.69 Å². The van der Waals surface area contributed by atoms with Crippen LogP contribution in [0.3, 0.4) is 0 Å². The van der Waals surface area contributed by atoms with E-state index in [-0.39, 0.29) is 11.5 Å². The predicted molar refractivity (Wildman–Crippen MR) is 91.9 cm³/mol. The van der Waals surface area contributed by atoms with E-state index in [0.29, 0.717) is 6.61 Å². The standard InChI is InChI=1S/C16H21BrN2OS/c1-10(18)12-7-11(17)5-6-13(12)20-8-15-19-14(9-21-15)16(2,3)4/h5-7,9-10H,8,18H2,1-4H3/t10-/m1/s1. The lowest BCUT2D eigenvalue weighted by molar-refractivity contribution is 0.300. The van der Waals surface area contributed by atoms with E-state index >= 15 is 0 Å². The first-order valence-electron chi connectivity index (χ1n) is 6.90. The normalized spacial score (nSPS) is 13.2. The van der Waals surface area contributed by atoms with E-state index in [1.54, 1.807) is 11.3 Å². The number of nitrogens with zero attached hydrogens (tertiary/aromatic N) is 1. The van der Waals surface area contributed by atoms with Crippen molar-refractivity contribution in [1.29, 1.82) is 0 Å². The van der Waals surface area contributed by atoms with Gasteiger partial charge >= 0.3 is 0 Å². The number of hydrogen-bond donors (Lipinski definition) is 1. The average Bonchev–Trinajstić information content (AvgIpc) is 2.85. The van der Waals surface area contributed by atoms with Crippen molar-refractivity contribution >= 4 is 27.3 Å². The van der Waals surface area contributed by atoms with Gasteiger partial charge in [0.25, 0.3) is 0 Å². The van der Waals surface area contributed by atoms with Crippen LogP contribution in [0.25, 0.3) is 0 Å². The number of nitrogens with two attached hydrogens (primary N) is 1. The molecule has 0 aliphatic rings. The van der Waals surface area contributed by atoms with Gasteiger partial charge in [-0.2, -0.15) is 0 Å². The second-order valence-electron chi connectivity index (χ2n) is 6.14. The minimum absolute atomic E-state index is 0.0704. The molecule has 114 valence electrons. The van der Waals surface area contributed by atoms with Crippen molar-refractivity contribution in [3.8, 4) is 5.75 Å². The zero-order valence-corrected chi connectivity index (χ0v) is 15.2. The number of halogens is 1. The highest BCUT2D eigenvalue weighted by atomic mass is 79.9. The van der Waals surface area contributed by atoms with Gasteiger partial charge in [0.2, 0.25) is 0 Å². The summed E-state index contributed by atoms with van der Waals surface area (Å²) in [5.74, 6) is 0.820. The molecule has 0 aliphatic heterocycles. The van der Waals surface area contributed by atoms with E-state index in [2.05, 4.69) is 47.1 Å². The summed E-state index contributed by atoms with van der Waals surface area (Å²) in [5, 5.41) is 3.09. The van der Waals surface area contributed by atoms with E-state index in [1.165, 1.54) is 0 Å². The molecular formula is C16H21BrN2OS. The highest BCUT2D eigenvalue weighted by Gasteiger charge is 2.18. The first-order valence-corrected chi connectivity index (χ1v) is 8.57. The maximum absolute atomic E-state index is 6.00. The minimum Gasteiger partial charge on any atom is -0.486 e. The Morgan fingerprint density at radius 1 is 1.38 bits per heavy atom. The van der Waals surface area contributed by atoms with Crippen molar-refractivity contribution in [3.05, 3.63) is 44.3 Å². The third-order valence-electron chi connectivity index (χ3n) is 3.13. The zero-order chi connectivity index (χ0) is 15.6. The molecule has 2 aromatic rings. The maximum atomic E-state index is 6.00. The highest BCUT2D eigenvalue weighted by Crippen LogP contribution is 2.29. The second kappa shape index (κ2) is 6.46. The summed E-state index contributed by atoms with van der Waals surface area (Å²) in [6.07, 6.45) is 0. The zero-order valence-electron chi connectivity index (χ0n) is 12.8. The van der Waals surface area contributed by atoms with Crippen LogP contribution in [-0.4, -0.2) is 4.98 Å². The van der Waals surface area contributed by atoms with Crippen LogP contribution >= 0.6 is 27.3 Å². The molecule has 0 unspecified atom stereocenters. The monoisotopic (exact) mass is 368 g/mol. The van der Waals surface area contributed by atoms with Gasteiger partial charge in [0, 0.05) is 26.9 Å². The molecule has 1 atom stereocenters. The lowest BCUT2D eigenvalue weighted by Crippen LogP contribution is -2.12. The van der Waals surface area contributed by atoms with E-state index in [9.17, 15) is 0 Å². The summed E-state index contributed by atoms with van der Waals surface area (Å²) >= 11 is 5.10. The molecule has 5 heteroatoms. The SMILES string of the molecule is C[C@@H](N)c1cc(Br)ccc1OCc1nc(C(C)(C)C)cs1. The summed E-state index contributed by atoms with van der Waals surface area (Å²) in [7, 11) is 0. The van der Waals surface area contributed by atoms with E-state index in [4.69, 9.17) is 10.5 Å². The summed E-state index contributed by atoms with van der Waals surface area (Å²) in [6, 6.07) is 5.84. The smallest absolute Gasteiger partial charge is 0.140 e. The Kier molecular flexibility index (Phi) is 5.07. The number of aromatic nitrogens is 1. The summed E-state index contributed by atoms with van der Waals surface area (Å²) in [4.78, 5) is 4.64. The quantitative estimate of drug-likeness (QED) is 0.842. The molecule has 0 spiro atoms. The summed E-state index contributed by atoms with van der Waals surface area (Å²) in [5.41, 5.74) is 8.18. The first-order chi connectivity index (χ1) is 9.77. The van der Waals surface area contributed by atoms with Crippen molar-refractivity contribution in [3.63, 3.8) is 0 Å². The summed E-state index contributed by atoms with van der Waals surface area (Å²) < 4.78 is 6.92. The fourth-order valence-electron chi connectivity index (χ4n) is 1.87. The highest BCUT2D eigenvalue weighted by molar-refractivity contribution is 9.10. The molecule has 0 saturated carbocycles. The number of benzene rings is 1. The van der Waals surface area contributed by atoms with Gasteiger partial charge in [-0.3, -0.25) is 0 Å². The lowest BCUT2D eigenvalue weighted by Gasteiger charge is -2.15. The molecule has 1 aromatic carbocycles. The molecule has 2 N–H and O–H groups in total.